The zero-order valence-corrected chi connectivity index (χ0v) is 15.8. The molecule has 1 aromatic heterocycles. The fourth-order valence-electron chi connectivity index (χ4n) is 2.97. The number of anilines is 2. The Labute approximate surface area is 158 Å². The number of benzene rings is 1. The Morgan fingerprint density at radius 3 is 2.50 bits per heavy atom. The van der Waals surface area contributed by atoms with Gasteiger partial charge in [0, 0.05) is 51.4 Å². The van der Waals surface area contributed by atoms with Crippen LogP contribution in [0.2, 0.25) is 5.15 Å². The molecule has 0 atom stereocenters. The van der Waals surface area contributed by atoms with Gasteiger partial charge in [-0.15, -0.1) is 0 Å². The lowest BCUT2D eigenvalue weighted by Crippen LogP contribution is -2.48. The molecular formula is C19H23ClN4O2. The van der Waals surface area contributed by atoms with Crippen LogP contribution in [-0.4, -0.2) is 49.1 Å². The van der Waals surface area contributed by atoms with E-state index in [0.29, 0.717) is 11.7 Å². The van der Waals surface area contributed by atoms with Crippen molar-refractivity contribution in [3.05, 3.63) is 47.1 Å². The topological polar surface area (TPSA) is 57.7 Å². The van der Waals surface area contributed by atoms with Crippen LogP contribution in [0.3, 0.4) is 0 Å². The van der Waals surface area contributed by atoms with Gasteiger partial charge < -0.3 is 19.9 Å². The number of carbonyl (C=O) groups excluding carboxylic acids is 1. The highest BCUT2D eigenvalue weighted by molar-refractivity contribution is 6.29. The number of methoxy groups -OCH3 is 1. The summed E-state index contributed by atoms with van der Waals surface area (Å²) >= 11 is 6.21. The van der Waals surface area contributed by atoms with Gasteiger partial charge in [-0.1, -0.05) is 23.7 Å². The second kappa shape index (κ2) is 8.27. The molecule has 3 rings (SSSR count). The van der Waals surface area contributed by atoms with Gasteiger partial charge >= 0.3 is 0 Å². The van der Waals surface area contributed by atoms with Crippen molar-refractivity contribution in [3.63, 3.8) is 0 Å². The zero-order valence-electron chi connectivity index (χ0n) is 15.0. The number of amides is 1. The minimum atomic E-state index is 0.124. The van der Waals surface area contributed by atoms with E-state index in [9.17, 15) is 4.79 Å². The number of halogens is 1. The number of piperazine rings is 1. The lowest BCUT2D eigenvalue weighted by molar-refractivity contribution is -0.129. The molecule has 6 nitrogen and oxygen atoms in total. The molecule has 0 spiro atoms. The van der Waals surface area contributed by atoms with E-state index >= 15 is 0 Å². The molecule has 26 heavy (non-hydrogen) atoms. The average molecular weight is 375 g/mol. The Kier molecular flexibility index (Phi) is 5.83. The summed E-state index contributed by atoms with van der Waals surface area (Å²) in [6.07, 6.45) is 0. The van der Waals surface area contributed by atoms with Gasteiger partial charge in [-0.05, 0) is 23.8 Å². The van der Waals surface area contributed by atoms with Gasteiger partial charge in [-0.25, -0.2) is 4.98 Å². The molecule has 1 aliphatic rings. The van der Waals surface area contributed by atoms with Crippen molar-refractivity contribution in [1.29, 1.82) is 0 Å². The van der Waals surface area contributed by atoms with Crippen molar-refractivity contribution < 1.29 is 9.53 Å². The standard InChI is InChI=1S/C19H23ClN4O2/c1-14(25)23-7-9-24(10-8-23)16-11-18(20)22-19(12-16)21-13-15-3-5-17(26-2)6-4-15/h3-6,11-12H,7-10,13H2,1-2H3,(H,21,22). The molecule has 138 valence electrons. The number of ether oxygens (including phenoxy) is 1. The quantitative estimate of drug-likeness (QED) is 0.815. The third kappa shape index (κ3) is 4.58. The molecule has 1 aliphatic heterocycles. The van der Waals surface area contributed by atoms with E-state index in [4.69, 9.17) is 16.3 Å². The van der Waals surface area contributed by atoms with Crippen molar-refractivity contribution >= 4 is 29.0 Å². The van der Waals surface area contributed by atoms with Gasteiger partial charge in [0.15, 0.2) is 0 Å². The molecule has 1 saturated heterocycles. The lowest BCUT2D eigenvalue weighted by Gasteiger charge is -2.35. The Hall–Kier alpha value is -2.47. The number of nitrogens with one attached hydrogen (secondary N) is 1. The normalized spacial score (nSPS) is 14.3. The molecule has 1 fully saturated rings. The molecular weight excluding hydrogens is 352 g/mol. The molecule has 0 saturated carbocycles. The Morgan fingerprint density at radius 2 is 1.88 bits per heavy atom. The molecule has 7 heteroatoms. The van der Waals surface area contributed by atoms with Gasteiger partial charge in [0.1, 0.15) is 16.7 Å². The monoisotopic (exact) mass is 374 g/mol. The van der Waals surface area contributed by atoms with Gasteiger partial charge in [0.05, 0.1) is 7.11 Å². The smallest absolute Gasteiger partial charge is 0.219 e. The summed E-state index contributed by atoms with van der Waals surface area (Å²) in [6, 6.07) is 11.8. The average Bonchev–Trinajstić information content (AvgIpc) is 2.66. The van der Waals surface area contributed by atoms with Crippen LogP contribution in [0, 0.1) is 0 Å². The van der Waals surface area contributed by atoms with Gasteiger partial charge in [0.2, 0.25) is 5.91 Å². The number of nitrogens with zero attached hydrogens (tertiary/aromatic N) is 3. The minimum Gasteiger partial charge on any atom is -0.497 e. The highest BCUT2D eigenvalue weighted by atomic mass is 35.5. The molecule has 1 aromatic carbocycles. The van der Waals surface area contributed by atoms with Crippen LogP contribution in [0.1, 0.15) is 12.5 Å². The van der Waals surface area contributed by atoms with Crippen LogP contribution < -0.4 is 15.0 Å². The predicted octanol–water partition coefficient (Wildman–Crippen LogP) is 3.02. The van der Waals surface area contributed by atoms with Crippen LogP contribution >= 0.6 is 11.6 Å². The summed E-state index contributed by atoms with van der Waals surface area (Å²) in [5.41, 5.74) is 2.15. The van der Waals surface area contributed by atoms with Gasteiger partial charge in [-0.3, -0.25) is 4.79 Å². The van der Waals surface area contributed by atoms with E-state index in [-0.39, 0.29) is 5.91 Å². The Morgan fingerprint density at radius 1 is 1.19 bits per heavy atom. The van der Waals surface area contributed by atoms with Crippen molar-refractivity contribution in [2.45, 2.75) is 13.5 Å². The predicted molar refractivity (Wildman–Crippen MR) is 104 cm³/mol. The third-order valence-corrected chi connectivity index (χ3v) is 4.70. The first-order chi connectivity index (χ1) is 12.5. The zero-order chi connectivity index (χ0) is 18.5. The molecule has 0 aliphatic carbocycles. The van der Waals surface area contributed by atoms with Gasteiger partial charge in [-0.2, -0.15) is 0 Å². The highest BCUT2D eigenvalue weighted by Crippen LogP contribution is 2.24. The van der Waals surface area contributed by atoms with Crippen molar-refractivity contribution in [2.24, 2.45) is 0 Å². The van der Waals surface area contributed by atoms with Crippen molar-refractivity contribution in [1.82, 2.24) is 9.88 Å². The maximum absolute atomic E-state index is 11.5. The molecule has 1 amide bonds. The van der Waals surface area contributed by atoms with Crippen LogP contribution in [0.4, 0.5) is 11.5 Å². The van der Waals surface area contributed by atoms with Crippen LogP contribution in [0.15, 0.2) is 36.4 Å². The largest absolute Gasteiger partial charge is 0.497 e. The van der Waals surface area contributed by atoms with Crippen molar-refractivity contribution in [3.8, 4) is 5.75 Å². The molecule has 2 aromatic rings. The fraction of sp³-hybridized carbons (Fsp3) is 0.368. The summed E-state index contributed by atoms with van der Waals surface area (Å²) in [5.74, 6) is 1.69. The second-order valence-corrected chi connectivity index (χ2v) is 6.62. The first-order valence-electron chi connectivity index (χ1n) is 8.60. The third-order valence-electron chi connectivity index (χ3n) is 4.50. The first kappa shape index (κ1) is 18.3. The molecule has 2 heterocycles. The number of pyridine rings is 1. The van der Waals surface area contributed by atoms with Crippen molar-refractivity contribution in [2.75, 3.05) is 43.5 Å². The summed E-state index contributed by atoms with van der Waals surface area (Å²) in [5, 5.41) is 3.77. The number of hydrogen-bond donors (Lipinski definition) is 1. The van der Waals surface area contributed by atoms with E-state index in [1.165, 1.54) is 0 Å². The molecule has 0 unspecified atom stereocenters. The molecule has 0 radical (unpaired) electrons. The number of hydrogen-bond acceptors (Lipinski definition) is 5. The van der Waals surface area contributed by atoms with E-state index in [1.807, 2.05) is 41.3 Å². The summed E-state index contributed by atoms with van der Waals surface area (Å²) in [6.45, 7) is 5.29. The Bertz CT molecular complexity index is 759. The van der Waals surface area contributed by atoms with E-state index in [1.54, 1.807) is 14.0 Å². The number of rotatable bonds is 5. The van der Waals surface area contributed by atoms with E-state index < -0.39 is 0 Å². The number of aromatic nitrogens is 1. The lowest BCUT2D eigenvalue weighted by atomic mass is 10.2. The minimum absolute atomic E-state index is 0.124. The van der Waals surface area contributed by atoms with Crippen LogP contribution in [0.5, 0.6) is 5.75 Å². The second-order valence-electron chi connectivity index (χ2n) is 6.23. The van der Waals surface area contributed by atoms with E-state index in [2.05, 4.69) is 15.2 Å². The van der Waals surface area contributed by atoms with E-state index in [0.717, 1.165) is 49.0 Å². The number of carbonyl (C=O) groups is 1. The van der Waals surface area contributed by atoms with Crippen LogP contribution in [-0.2, 0) is 11.3 Å². The van der Waals surface area contributed by atoms with Crippen LogP contribution in [0.25, 0.3) is 0 Å². The maximum Gasteiger partial charge on any atom is 0.219 e. The first-order valence-corrected chi connectivity index (χ1v) is 8.98. The summed E-state index contributed by atoms with van der Waals surface area (Å²) in [4.78, 5) is 19.9. The van der Waals surface area contributed by atoms with Gasteiger partial charge in [0.25, 0.3) is 0 Å². The molecule has 1 N–H and O–H groups in total. The SMILES string of the molecule is COc1ccc(CNc2cc(N3CCN(C(C)=O)CC3)cc(Cl)n2)cc1. The summed E-state index contributed by atoms with van der Waals surface area (Å²) in [7, 11) is 1.65. The fourth-order valence-corrected chi connectivity index (χ4v) is 3.17. The Balaban J connectivity index is 1.64. The molecule has 0 bridgehead atoms. The highest BCUT2D eigenvalue weighted by Gasteiger charge is 2.19. The summed E-state index contributed by atoms with van der Waals surface area (Å²) < 4.78 is 5.17. The maximum atomic E-state index is 11.5.